The first-order valence-electron chi connectivity index (χ1n) is 15.2. The molecule has 0 spiro atoms. The topological polar surface area (TPSA) is 96.0 Å². The van der Waals surface area contributed by atoms with Crippen molar-refractivity contribution in [1.29, 1.82) is 0 Å². The van der Waals surface area contributed by atoms with Gasteiger partial charge < -0.3 is 15.0 Å². The van der Waals surface area contributed by atoms with Gasteiger partial charge in [-0.15, -0.1) is 11.8 Å². The van der Waals surface area contributed by atoms with E-state index in [1.807, 2.05) is 51.3 Å². The van der Waals surface area contributed by atoms with Crippen LogP contribution in [0.5, 0.6) is 5.75 Å². The molecule has 2 amide bonds. The van der Waals surface area contributed by atoms with Crippen LogP contribution in [0.3, 0.4) is 0 Å². The van der Waals surface area contributed by atoms with Crippen LogP contribution in [0.4, 0.5) is 5.69 Å². The molecule has 236 valence electrons. The van der Waals surface area contributed by atoms with Gasteiger partial charge in [0.1, 0.15) is 18.3 Å². The fourth-order valence-corrected chi connectivity index (χ4v) is 7.34. The third kappa shape index (κ3) is 8.15. The van der Waals surface area contributed by atoms with E-state index in [1.54, 1.807) is 48.5 Å². The monoisotopic (exact) mass is 637 g/mol. The van der Waals surface area contributed by atoms with Crippen molar-refractivity contribution in [2.75, 3.05) is 23.7 Å². The molecule has 0 aromatic heterocycles. The van der Waals surface area contributed by atoms with Gasteiger partial charge in [-0.3, -0.25) is 13.9 Å². The average Bonchev–Trinajstić information content (AvgIpc) is 3.54. The second-order valence-corrected chi connectivity index (χ2v) is 13.8. The number of rotatable bonds is 14. The first kappa shape index (κ1) is 33.4. The van der Waals surface area contributed by atoms with Crippen LogP contribution in [0.15, 0.2) is 82.6 Å². The largest absolute Gasteiger partial charge is 0.492 e. The van der Waals surface area contributed by atoms with Crippen LogP contribution >= 0.6 is 11.8 Å². The Labute approximate surface area is 266 Å². The van der Waals surface area contributed by atoms with Crippen molar-refractivity contribution in [3.63, 3.8) is 0 Å². The minimum Gasteiger partial charge on any atom is -0.492 e. The molecule has 1 atom stereocenters. The van der Waals surface area contributed by atoms with Gasteiger partial charge >= 0.3 is 0 Å². The maximum Gasteiger partial charge on any atom is 0.264 e. The molecule has 0 bridgehead atoms. The van der Waals surface area contributed by atoms with Gasteiger partial charge in [0.05, 0.1) is 17.2 Å². The second-order valence-electron chi connectivity index (χ2n) is 11.0. The standard InChI is InChI=1S/C34H43N3O5S2/c1-5-30(34(39)35-27-11-7-8-12-27)36(23-26-17-15-25(3)16-18-26)33(38)24-37(31-13-9-10-14-32(31)42-6-2)44(40,41)29-21-19-28(43-4)20-22-29/h9-10,13-22,27,30H,5-8,11-12,23-24H2,1-4H3,(H,35,39). The van der Waals surface area contributed by atoms with E-state index >= 15 is 0 Å². The summed E-state index contributed by atoms with van der Waals surface area (Å²) in [4.78, 5) is 30.5. The summed E-state index contributed by atoms with van der Waals surface area (Å²) in [5.41, 5.74) is 2.19. The predicted octanol–water partition coefficient (Wildman–Crippen LogP) is 6.18. The minimum atomic E-state index is -4.20. The molecule has 0 saturated heterocycles. The third-order valence-electron chi connectivity index (χ3n) is 7.92. The Hall–Kier alpha value is -3.50. The second kappa shape index (κ2) is 15.5. The Morgan fingerprint density at radius 2 is 1.64 bits per heavy atom. The summed E-state index contributed by atoms with van der Waals surface area (Å²) in [6.45, 7) is 5.66. The minimum absolute atomic E-state index is 0.0607. The number of sulfonamides is 1. The highest BCUT2D eigenvalue weighted by atomic mass is 32.2. The molecule has 1 saturated carbocycles. The molecule has 0 radical (unpaired) electrons. The van der Waals surface area contributed by atoms with Crippen LogP contribution in [0.2, 0.25) is 0 Å². The van der Waals surface area contributed by atoms with Crippen molar-refractivity contribution >= 4 is 39.3 Å². The number of nitrogens with one attached hydrogen (secondary N) is 1. The van der Waals surface area contributed by atoms with Gasteiger partial charge in [0.2, 0.25) is 11.8 Å². The third-order valence-corrected chi connectivity index (χ3v) is 10.4. The molecular formula is C34H43N3O5S2. The van der Waals surface area contributed by atoms with E-state index in [-0.39, 0.29) is 29.1 Å². The Morgan fingerprint density at radius 1 is 0.977 bits per heavy atom. The molecule has 1 N–H and O–H groups in total. The van der Waals surface area contributed by atoms with Crippen LogP contribution < -0.4 is 14.4 Å². The molecule has 3 aromatic carbocycles. The summed E-state index contributed by atoms with van der Waals surface area (Å²) in [6.07, 6.45) is 6.28. The number of thioether (sulfide) groups is 1. The number of aryl methyl sites for hydroxylation is 1. The highest BCUT2D eigenvalue weighted by Crippen LogP contribution is 2.33. The fourth-order valence-electron chi connectivity index (χ4n) is 5.51. The molecular weight excluding hydrogens is 595 g/mol. The van der Waals surface area contributed by atoms with Crippen molar-refractivity contribution in [1.82, 2.24) is 10.2 Å². The van der Waals surface area contributed by atoms with E-state index in [2.05, 4.69) is 5.32 Å². The maximum atomic E-state index is 14.4. The summed E-state index contributed by atoms with van der Waals surface area (Å²) >= 11 is 1.51. The Bertz CT molecular complexity index is 1500. The summed E-state index contributed by atoms with van der Waals surface area (Å²) in [5, 5.41) is 3.15. The van der Waals surface area contributed by atoms with Crippen LogP contribution in [0.1, 0.15) is 57.1 Å². The van der Waals surface area contributed by atoms with E-state index in [1.165, 1.54) is 16.7 Å². The zero-order valence-electron chi connectivity index (χ0n) is 26.0. The van der Waals surface area contributed by atoms with Gasteiger partial charge in [-0.2, -0.15) is 0 Å². The molecule has 10 heteroatoms. The smallest absolute Gasteiger partial charge is 0.264 e. The maximum absolute atomic E-state index is 14.4. The highest BCUT2D eigenvalue weighted by molar-refractivity contribution is 7.98. The molecule has 3 aromatic rings. The molecule has 1 aliphatic rings. The first-order chi connectivity index (χ1) is 21.2. The van der Waals surface area contributed by atoms with Gasteiger partial charge in [-0.25, -0.2) is 8.42 Å². The fraction of sp³-hybridized carbons (Fsp3) is 0.412. The molecule has 1 fully saturated rings. The number of para-hydroxylation sites is 2. The van der Waals surface area contributed by atoms with Gasteiger partial charge in [0.25, 0.3) is 10.0 Å². The van der Waals surface area contributed by atoms with Gasteiger partial charge in [0.15, 0.2) is 0 Å². The number of benzene rings is 3. The van der Waals surface area contributed by atoms with E-state index in [9.17, 15) is 18.0 Å². The van der Waals surface area contributed by atoms with Crippen molar-refractivity contribution in [3.8, 4) is 5.75 Å². The number of carbonyl (C=O) groups is 2. The Balaban J connectivity index is 1.75. The number of nitrogens with zero attached hydrogens (tertiary/aromatic N) is 2. The molecule has 44 heavy (non-hydrogen) atoms. The van der Waals surface area contributed by atoms with Crippen LogP contribution in [0, 0.1) is 6.92 Å². The normalized spacial score (nSPS) is 14.2. The van der Waals surface area contributed by atoms with Gasteiger partial charge in [-0.05, 0) is 81.3 Å². The van der Waals surface area contributed by atoms with Crippen molar-refractivity contribution in [3.05, 3.63) is 83.9 Å². The zero-order valence-corrected chi connectivity index (χ0v) is 27.6. The number of hydrogen-bond donors (Lipinski definition) is 1. The number of carbonyl (C=O) groups excluding carboxylic acids is 2. The summed E-state index contributed by atoms with van der Waals surface area (Å²) in [7, 11) is -4.20. The number of amides is 2. The van der Waals surface area contributed by atoms with Crippen LogP contribution in [-0.2, 0) is 26.2 Å². The lowest BCUT2D eigenvalue weighted by atomic mass is 10.1. The highest BCUT2D eigenvalue weighted by Gasteiger charge is 2.35. The molecule has 1 aliphatic carbocycles. The molecule has 8 nitrogen and oxygen atoms in total. The van der Waals surface area contributed by atoms with Crippen molar-refractivity contribution < 1.29 is 22.7 Å². The quantitative estimate of drug-likeness (QED) is 0.212. The Morgan fingerprint density at radius 3 is 2.25 bits per heavy atom. The lowest BCUT2D eigenvalue weighted by Crippen LogP contribution is -2.53. The van der Waals surface area contributed by atoms with E-state index in [4.69, 9.17) is 4.74 Å². The van der Waals surface area contributed by atoms with Crippen molar-refractivity contribution in [2.24, 2.45) is 0 Å². The SMILES string of the molecule is CCOc1ccccc1N(CC(=O)N(Cc1ccc(C)cc1)C(CC)C(=O)NC1CCCC1)S(=O)(=O)c1ccc(SC)cc1. The van der Waals surface area contributed by atoms with Crippen LogP contribution in [-0.4, -0.2) is 56.6 Å². The van der Waals surface area contributed by atoms with E-state index in [0.717, 1.165) is 46.0 Å². The Kier molecular flexibility index (Phi) is 11.7. The lowest BCUT2D eigenvalue weighted by Gasteiger charge is -2.34. The van der Waals surface area contributed by atoms with Gasteiger partial charge in [-0.1, -0.05) is 61.7 Å². The number of anilines is 1. The summed E-state index contributed by atoms with van der Waals surface area (Å²) in [5.74, 6) is -0.338. The molecule has 4 rings (SSSR count). The summed E-state index contributed by atoms with van der Waals surface area (Å²) in [6, 6.07) is 20.5. The van der Waals surface area contributed by atoms with Crippen LogP contribution in [0.25, 0.3) is 0 Å². The van der Waals surface area contributed by atoms with Gasteiger partial charge in [0, 0.05) is 17.5 Å². The number of ether oxygens (including phenoxy) is 1. The molecule has 1 unspecified atom stereocenters. The number of hydrogen-bond acceptors (Lipinski definition) is 6. The molecule has 0 aliphatic heterocycles. The average molecular weight is 638 g/mol. The predicted molar refractivity (Wildman–Crippen MR) is 177 cm³/mol. The lowest BCUT2D eigenvalue weighted by molar-refractivity contribution is -0.140. The molecule has 0 heterocycles. The summed E-state index contributed by atoms with van der Waals surface area (Å²) < 4.78 is 35.4. The van der Waals surface area contributed by atoms with E-state index < -0.39 is 28.5 Å². The zero-order chi connectivity index (χ0) is 31.7. The van der Waals surface area contributed by atoms with Crippen molar-refractivity contribution in [2.45, 2.75) is 81.3 Å². The van der Waals surface area contributed by atoms with E-state index in [0.29, 0.717) is 18.8 Å². The first-order valence-corrected chi connectivity index (χ1v) is 17.9.